The summed E-state index contributed by atoms with van der Waals surface area (Å²) in [6.07, 6.45) is 0. The molecule has 0 fully saturated rings. The van der Waals surface area contributed by atoms with Gasteiger partial charge in [0.15, 0.2) is 0 Å². The van der Waals surface area contributed by atoms with Gasteiger partial charge in [-0.3, -0.25) is 0 Å². The van der Waals surface area contributed by atoms with Crippen molar-refractivity contribution in [2.24, 2.45) is 0 Å². The number of benzene rings is 1. The third-order valence-electron chi connectivity index (χ3n) is 1.43. The molecule has 1 aromatic carbocycles. The maximum absolute atomic E-state index is 9.23. The van der Waals surface area contributed by atoms with Crippen molar-refractivity contribution in [2.75, 3.05) is 0 Å². The van der Waals surface area contributed by atoms with Crippen molar-refractivity contribution in [2.45, 2.75) is 4.43 Å². The summed E-state index contributed by atoms with van der Waals surface area (Å²) >= 11 is 2.27. The molecule has 0 unspecified atom stereocenters. The quantitative estimate of drug-likeness (QED) is 0.436. The second-order valence-corrected chi connectivity index (χ2v) is 3.02. The minimum atomic E-state index is 0.397. The largest absolute Gasteiger partial charge is 0.509 e. The number of hydrogen-bond donors (Lipinski definition) is 1. The zero-order valence-corrected chi connectivity index (χ0v) is 7.92. The molecule has 0 radical (unpaired) electrons. The van der Waals surface area contributed by atoms with E-state index in [4.69, 9.17) is 0 Å². The lowest BCUT2D eigenvalue weighted by Crippen LogP contribution is -2.01. The van der Waals surface area contributed by atoms with Crippen LogP contribution in [0.2, 0.25) is 0 Å². The predicted octanol–water partition coefficient (Wildman–Crippen LogP) is 0.586. The summed E-state index contributed by atoms with van der Waals surface area (Å²) in [5, 5.41) is 9.23. The molecule has 1 aromatic rings. The highest BCUT2D eigenvalue weighted by atomic mass is 127. The van der Waals surface area contributed by atoms with Gasteiger partial charge in [0.05, 0.1) is 0 Å². The summed E-state index contributed by atoms with van der Waals surface area (Å²) in [6, 6.07) is 5.77. The Kier molecular flexibility index (Phi) is 2.60. The summed E-state index contributed by atoms with van der Waals surface area (Å²) in [4.78, 5) is 0. The molecule has 0 aliphatic rings. The van der Waals surface area contributed by atoms with Gasteiger partial charge in [0, 0.05) is 4.43 Å². The van der Waals surface area contributed by atoms with Gasteiger partial charge in [-0.2, -0.15) is 0 Å². The van der Waals surface area contributed by atoms with E-state index < -0.39 is 0 Å². The van der Waals surface area contributed by atoms with E-state index in [0.29, 0.717) is 5.75 Å². The number of alkyl halides is 1. The molecular weight excluding hydrogens is 238 g/mol. The molecule has 0 aliphatic carbocycles. The Morgan fingerprint density at radius 3 is 2.70 bits per heavy atom. The van der Waals surface area contributed by atoms with Crippen LogP contribution in [0.1, 0.15) is 5.56 Å². The third kappa shape index (κ3) is 1.65. The molecule has 0 atom stereocenters. The molecule has 0 spiro atoms. The highest BCUT2D eigenvalue weighted by molar-refractivity contribution is 14.1. The summed E-state index contributed by atoms with van der Waals surface area (Å²) in [5.41, 5.74) is 2.11. The minimum Gasteiger partial charge on any atom is -0.509 e. The smallest absolute Gasteiger partial charge is 0.144 e. The van der Waals surface area contributed by atoms with Crippen LogP contribution in [0.5, 0.6) is 5.75 Å². The van der Waals surface area contributed by atoms with Crippen molar-refractivity contribution >= 4 is 35.9 Å². The summed E-state index contributed by atoms with van der Waals surface area (Å²) in [5.74, 6) is 0.397. The number of rotatable bonds is 1. The van der Waals surface area contributed by atoms with E-state index in [2.05, 4.69) is 22.6 Å². The molecule has 0 bridgehead atoms. The van der Waals surface area contributed by atoms with Crippen molar-refractivity contribution in [3.05, 3.63) is 23.8 Å². The Morgan fingerprint density at radius 2 is 2.20 bits per heavy atom. The molecule has 0 aromatic heterocycles. The van der Waals surface area contributed by atoms with Crippen LogP contribution >= 0.6 is 22.6 Å². The Hall–Kier alpha value is -0.185. The number of aromatic hydroxyl groups is 1. The third-order valence-corrected chi connectivity index (χ3v) is 2.31. The van der Waals surface area contributed by atoms with Gasteiger partial charge in [0.1, 0.15) is 13.6 Å². The lowest BCUT2D eigenvalue weighted by molar-refractivity contribution is 0.479. The molecule has 0 saturated heterocycles. The first-order valence-electron chi connectivity index (χ1n) is 3.08. The zero-order valence-electron chi connectivity index (χ0n) is 5.76. The maximum atomic E-state index is 9.23. The van der Waals surface area contributed by atoms with Gasteiger partial charge in [-0.05, 0) is 17.1 Å². The fraction of sp³-hybridized carbons (Fsp3) is 0.143. The fourth-order valence-electron chi connectivity index (χ4n) is 0.738. The van der Waals surface area contributed by atoms with Crippen molar-refractivity contribution in [3.63, 3.8) is 0 Å². The molecular formula is C7H8BIO. The average molecular weight is 246 g/mol. The molecule has 1 nitrogen and oxygen atoms in total. The van der Waals surface area contributed by atoms with Crippen LogP contribution in [-0.4, -0.2) is 13.0 Å². The number of hydrogen-bond acceptors (Lipinski definition) is 1. The molecule has 10 heavy (non-hydrogen) atoms. The van der Waals surface area contributed by atoms with Gasteiger partial charge >= 0.3 is 0 Å². The normalized spacial score (nSPS) is 9.70. The average Bonchev–Trinajstić information content (AvgIpc) is 1.95. The van der Waals surface area contributed by atoms with Gasteiger partial charge in [0.25, 0.3) is 0 Å². The SMILES string of the molecule is Bc1ccc(CI)cc1O. The first-order chi connectivity index (χ1) is 4.74. The Labute approximate surface area is 75.0 Å². The number of phenolic OH excluding ortho intramolecular Hbond substituents is 1. The van der Waals surface area contributed by atoms with Crippen LogP contribution in [0.15, 0.2) is 18.2 Å². The van der Waals surface area contributed by atoms with Gasteiger partial charge in [-0.1, -0.05) is 34.7 Å². The van der Waals surface area contributed by atoms with E-state index in [0.717, 1.165) is 9.89 Å². The van der Waals surface area contributed by atoms with Crippen LogP contribution in [0.4, 0.5) is 0 Å². The maximum Gasteiger partial charge on any atom is 0.144 e. The molecule has 52 valence electrons. The zero-order chi connectivity index (χ0) is 7.56. The number of halogens is 1. The number of phenols is 1. The van der Waals surface area contributed by atoms with E-state index in [9.17, 15) is 5.11 Å². The van der Waals surface area contributed by atoms with Crippen LogP contribution in [0.3, 0.4) is 0 Å². The van der Waals surface area contributed by atoms with Crippen molar-refractivity contribution in [1.82, 2.24) is 0 Å². The molecule has 0 amide bonds. The monoisotopic (exact) mass is 246 g/mol. The van der Waals surface area contributed by atoms with Gasteiger partial charge in [-0.15, -0.1) is 0 Å². The summed E-state index contributed by atoms with van der Waals surface area (Å²) in [6.45, 7) is 0. The second-order valence-electron chi connectivity index (χ2n) is 2.25. The highest BCUT2D eigenvalue weighted by Crippen LogP contribution is 2.10. The summed E-state index contributed by atoms with van der Waals surface area (Å²) < 4.78 is 0.950. The molecule has 1 N–H and O–H groups in total. The second kappa shape index (κ2) is 3.28. The standard InChI is InChI=1S/C7H8BIO/c8-6-2-1-5(4-9)3-7(6)10/h1-3,10H,4,8H2. The molecule has 3 heteroatoms. The molecule has 0 saturated carbocycles. The first-order valence-corrected chi connectivity index (χ1v) is 4.61. The van der Waals surface area contributed by atoms with Crippen LogP contribution in [0.25, 0.3) is 0 Å². The van der Waals surface area contributed by atoms with E-state index in [1.165, 1.54) is 5.56 Å². The van der Waals surface area contributed by atoms with Crippen molar-refractivity contribution < 1.29 is 5.11 Å². The van der Waals surface area contributed by atoms with Gasteiger partial charge in [0.2, 0.25) is 0 Å². The Balaban J connectivity index is 3.04. The van der Waals surface area contributed by atoms with Crippen LogP contribution in [0, 0.1) is 0 Å². The first kappa shape index (κ1) is 7.92. The van der Waals surface area contributed by atoms with Crippen molar-refractivity contribution in [1.29, 1.82) is 0 Å². The van der Waals surface area contributed by atoms with Gasteiger partial charge < -0.3 is 5.11 Å². The predicted molar refractivity (Wildman–Crippen MR) is 54.0 cm³/mol. The highest BCUT2D eigenvalue weighted by Gasteiger charge is 1.95. The minimum absolute atomic E-state index is 0.397. The lowest BCUT2D eigenvalue weighted by Gasteiger charge is -1.99. The van der Waals surface area contributed by atoms with Crippen LogP contribution in [-0.2, 0) is 4.43 Å². The Bertz CT molecular complexity index is 237. The molecule has 1 rings (SSSR count). The Morgan fingerprint density at radius 1 is 1.50 bits per heavy atom. The van der Waals surface area contributed by atoms with Gasteiger partial charge in [-0.25, -0.2) is 0 Å². The van der Waals surface area contributed by atoms with E-state index in [-0.39, 0.29) is 0 Å². The van der Waals surface area contributed by atoms with Crippen LogP contribution < -0.4 is 5.46 Å². The van der Waals surface area contributed by atoms with E-state index in [1.807, 2.05) is 26.0 Å². The molecule has 0 aliphatic heterocycles. The lowest BCUT2D eigenvalue weighted by atomic mass is 9.94. The van der Waals surface area contributed by atoms with E-state index in [1.54, 1.807) is 0 Å². The topological polar surface area (TPSA) is 20.2 Å². The van der Waals surface area contributed by atoms with Crippen molar-refractivity contribution in [3.8, 4) is 5.75 Å². The molecule has 0 heterocycles. The fourth-order valence-corrected chi connectivity index (χ4v) is 1.21. The summed E-state index contributed by atoms with van der Waals surface area (Å²) in [7, 11) is 1.90. The van der Waals surface area contributed by atoms with E-state index >= 15 is 0 Å².